The van der Waals surface area contributed by atoms with E-state index in [1.165, 1.54) is 0 Å². The van der Waals surface area contributed by atoms with Gasteiger partial charge in [0.2, 0.25) is 5.91 Å². The third kappa shape index (κ3) is 2.15. The zero-order valence-electron chi connectivity index (χ0n) is 9.61. The highest BCUT2D eigenvalue weighted by Crippen LogP contribution is 2.37. The first-order chi connectivity index (χ1) is 9.10. The molecule has 0 radical (unpaired) electrons. The van der Waals surface area contributed by atoms with Crippen LogP contribution >= 0.6 is 11.6 Å². The zero-order valence-corrected chi connectivity index (χ0v) is 10.4. The van der Waals surface area contributed by atoms with E-state index in [2.05, 4.69) is 0 Å². The first-order valence-corrected chi connectivity index (χ1v) is 5.76. The van der Waals surface area contributed by atoms with Crippen molar-refractivity contribution < 1.29 is 9.59 Å². The van der Waals surface area contributed by atoms with Crippen LogP contribution in [0.5, 0.6) is 0 Å². The number of piperidine rings is 1. The number of imide groups is 1. The van der Waals surface area contributed by atoms with Gasteiger partial charge < -0.3 is 0 Å². The lowest BCUT2D eigenvalue weighted by Gasteiger charge is -2.27. The van der Waals surface area contributed by atoms with Crippen LogP contribution in [0.25, 0.3) is 0 Å². The van der Waals surface area contributed by atoms with Crippen molar-refractivity contribution in [2.24, 2.45) is 5.92 Å². The van der Waals surface area contributed by atoms with Gasteiger partial charge in [-0.2, -0.15) is 5.26 Å². The van der Waals surface area contributed by atoms with Crippen molar-refractivity contribution in [3.05, 3.63) is 40.4 Å². The lowest BCUT2D eigenvalue weighted by molar-refractivity contribution is -0.132. The molecule has 94 valence electrons. The Morgan fingerprint density at radius 2 is 2.00 bits per heavy atom. The van der Waals surface area contributed by atoms with Crippen molar-refractivity contribution in [2.45, 2.75) is 5.92 Å². The highest BCUT2D eigenvalue weighted by Gasteiger charge is 2.42. The molecule has 1 aromatic carbocycles. The van der Waals surface area contributed by atoms with Gasteiger partial charge in [0, 0.05) is 10.9 Å². The third-order valence-corrected chi connectivity index (χ3v) is 3.27. The predicted octanol–water partition coefficient (Wildman–Crippen LogP) is 1.39. The van der Waals surface area contributed by atoms with E-state index in [0.717, 1.165) is 0 Å². The van der Waals surface area contributed by atoms with Crippen LogP contribution in [0.1, 0.15) is 11.5 Å². The van der Waals surface area contributed by atoms with Gasteiger partial charge in [0.15, 0.2) is 0 Å². The van der Waals surface area contributed by atoms with Crippen molar-refractivity contribution in [1.82, 2.24) is 5.32 Å². The molecular weight excluding hydrogens is 266 g/mol. The molecule has 1 aromatic rings. The Labute approximate surface area is 114 Å². The number of hydrogen-bond acceptors (Lipinski definition) is 4. The molecule has 1 heterocycles. The Hall–Kier alpha value is -2.41. The molecule has 0 aliphatic carbocycles. The molecule has 1 fully saturated rings. The second-order valence-electron chi connectivity index (χ2n) is 3.96. The van der Waals surface area contributed by atoms with Crippen LogP contribution in [-0.4, -0.2) is 17.7 Å². The van der Waals surface area contributed by atoms with E-state index in [0.29, 0.717) is 10.6 Å². The SMILES string of the molecule is N#CC1C(=O)NC(=O)C(=C=N)C1c1ccccc1Cl. The van der Waals surface area contributed by atoms with Gasteiger partial charge in [-0.1, -0.05) is 29.8 Å². The Morgan fingerprint density at radius 3 is 2.58 bits per heavy atom. The number of carbonyl (C=O) groups is 2. The Balaban J connectivity index is 2.64. The Kier molecular flexibility index (Phi) is 3.48. The van der Waals surface area contributed by atoms with Gasteiger partial charge >= 0.3 is 0 Å². The minimum atomic E-state index is -1.11. The summed E-state index contributed by atoms with van der Waals surface area (Å²) in [6.45, 7) is 0. The standard InChI is InChI=1S/C13H8ClN3O2/c14-10-4-2-1-3-7(10)11-8(5-15)12(18)17-13(19)9(11)6-16/h1-4,8,11,16H,(H,17,18,19). The second kappa shape index (κ2) is 5.07. The van der Waals surface area contributed by atoms with Gasteiger partial charge in [0.05, 0.1) is 11.6 Å². The number of hydrogen-bond donors (Lipinski definition) is 2. The molecule has 2 rings (SSSR count). The monoisotopic (exact) mass is 273 g/mol. The summed E-state index contributed by atoms with van der Waals surface area (Å²) in [7, 11) is 0. The van der Waals surface area contributed by atoms with Crippen LogP contribution in [0, 0.1) is 22.7 Å². The Bertz CT molecular complexity index is 656. The van der Waals surface area contributed by atoms with E-state index in [9.17, 15) is 9.59 Å². The number of halogens is 1. The first-order valence-electron chi connectivity index (χ1n) is 5.39. The van der Waals surface area contributed by atoms with Gasteiger partial charge in [0.1, 0.15) is 5.92 Å². The molecule has 19 heavy (non-hydrogen) atoms. The number of benzene rings is 1. The molecular formula is C13H8ClN3O2. The minimum Gasteiger partial charge on any atom is -0.291 e. The van der Waals surface area contributed by atoms with Crippen LogP contribution in [0.15, 0.2) is 29.8 Å². The molecule has 0 saturated carbocycles. The summed E-state index contributed by atoms with van der Waals surface area (Å²) in [6.07, 6.45) is 0. The number of amides is 2. The summed E-state index contributed by atoms with van der Waals surface area (Å²) in [5.74, 6) is -1.36. The topological polar surface area (TPSA) is 93.8 Å². The van der Waals surface area contributed by atoms with E-state index in [4.69, 9.17) is 22.3 Å². The summed E-state index contributed by atoms with van der Waals surface area (Å²) < 4.78 is 0. The molecule has 1 aliphatic rings. The van der Waals surface area contributed by atoms with Crippen molar-refractivity contribution in [3.8, 4) is 6.07 Å². The van der Waals surface area contributed by atoms with Crippen molar-refractivity contribution >= 4 is 29.3 Å². The summed E-state index contributed by atoms with van der Waals surface area (Å²) in [6, 6.07) is 8.46. The molecule has 2 atom stereocenters. The van der Waals surface area contributed by atoms with Crippen molar-refractivity contribution in [1.29, 1.82) is 10.7 Å². The molecule has 0 spiro atoms. The van der Waals surface area contributed by atoms with Crippen LogP contribution in [0.3, 0.4) is 0 Å². The van der Waals surface area contributed by atoms with Gasteiger partial charge in [-0.05, 0) is 17.5 Å². The highest BCUT2D eigenvalue weighted by atomic mass is 35.5. The average molecular weight is 274 g/mol. The Morgan fingerprint density at radius 1 is 1.32 bits per heavy atom. The van der Waals surface area contributed by atoms with E-state index in [-0.39, 0.29) is 5.57 Å². The fraction of sp³-hybridized carbons (Fsp3) is 0.154. The summed E-state index contributed by atoms with van der Waals surface area (Å²) in [5.41, 5.74) is 0.396. The van der Waals surface area contributed by atoms with Crippen LogP contribution < -0.4 is 5.32 Å². The second-order valence-corrected chi connectivity index (χ2v) is 4.37. The minimum absolute atomic E-state index is 0.0701. The first kappa shape index (κ1) is 13.0. The van der Waals surface area contributed by atoms with E-state index in [1.54, 1.807) is 24.3 Å². The molecule has 2 unspecified atom stereocenters. The smallest absolute Gasteiger partial charge is 0.263 e. The number of rotatable bonds is 1. The number of nitrogens with one attached hydrogen (secondary N) is 2. The quantitative estimate of drug-likeness (QED) is 0.460. The summed E-state index contributed by atoms with van der Waals surface area (Å²) in [5, 5.41) is 18.7. The van der Waals surface area contributed by atoms with Gasteiger partial charge in [0.25, 0.3) is 5.91 Å². The van der Waals surface area contributed by atoms with Crippen LogP contribution in [-0.2, 0) is 9.59 Å². The number of carbonyl (C=O) groups excluding carboxylic acids is 2. The molecule has 1 aliphatic heterocycles. The largest absolute Gasteiger partial charge is 0.291 e. The molecule has 1 saturated heterocycles. The molecule has 0 bridgehead atoms. The summed E-state index contributed by atoms with van der Waals surface area (Å²) >= 11 is 6.04. The lowest BCUT2D eigenvalue weighted by atomic mass is 9.78. The number of nitrogens with zero attached hydrogens (tertiary/aromatic N) is 1. The molecule has 2 amide bonds. The zero-order chi connectivity index (χ0) is 14.0. The van der Waals surface area contributed by atoms with Crippen LogP contribution in [0.2, 0.25) is 5.02 Å². The fourth-order valence-corrected chi connectivity index (χ4v) is 2.30. The third-order valence-electron chi connectivity index (χ3n) is 2.92. The maximum Gasteiger partial charge on any atom is 0.263 e. The van der Waals surface area contributed by atoms with Crippen molar-refractivity contribution in [3.63, 3.8) is 0 Å². The van der Waals surface area contributed by atoms with Gasteiger partial charge in [-0.3, -0.25) is 20.3 Å². The normalized spacial score (nSPS) is 22.4. The maximum absolute atomic E-state index is 11.7. The number of nitriles is 1. The average Bonchev–Trinajstić information content (AvgIpc) is 2.38. The van der Waals surface area contributed by atoms with Gasteiger partial charge in [-0.25, -0.2) is 0 Å². The highest BCUT2D eigenvalue weighted by molar-refractivity contribution is 6.31. The van der Waals surface area contributed by atoms with Crippen molar-refractivity contribution in [2.75, 3.05) is 0 Å². The molecule has 5 nitrogen and oxygen atoms in total. The van der Waals surface area contributed by atoms with E-state index in [1.807, 2.05) is 17.3 Å². The van der Waals surface area contributed by atoms with E-state index >= 15 is 0 Å². The molecule has 2 N–H and O–H groups in total. The lowest BCUT2D eigenvalue weighted by Crippen LogP contribution is -2.46. The van der Waals surface area contributed by atoms with Gasteiger partial charge in [-0.15, -0.1) is 0 Å². The predicted molar refractivity (Wildman–Crippen MR) is 67.7 cm³/mol. The fourth-order valence-electron chi connectivity index (χ4n) is 2.05. The van der Waals surface area contributed by atoms with E-state index < -0.39 is 23.7 Å². The molecule has 0 aromatic heterocycles. The maximum atomic E-state index is 11.7. The molecule has 6 heteroatoms. The van der Waals surface area contributed by atoms with Crippen LogP contribution in [0.4, 0.5) is 0 Å². The summed E-state index contributed by atoms with van der Waals surface area (Å²) in [4.78, 5) is 23.4.